The van der Waals surface area contributed by atoms with Gasteiger partial charge in [0.1, 0.15) is 19.5 Å². The highest BCUT2D eigenvalue weighted by Crippen LogP contribution is 2.38. The second-order valence-corrected chi connectivity index (χ2v) is 8.18. The van der Waals surface area contributed by atoms with Crippen molar-refractivity contribution in [3.63, 3.8) is 0 Å². The Morgan fingerprint density at radius 2 is 1.86 bits per heavy atom. The van der Waals surface area contributed by atoms with Gasteiger partial charge in [-0.25, -0.2) is 0 Å². The third kappa shape index (κ3) is 4.27. The summed E-state index contributed by atoms with van der Waals surface area (Å²) in [4.78, 5) is 27.0. The van der Waals surface area contributed by atoms with Crippen molar-refractivity contribution in [1.82, 2.24) is 10.2 Å². The second kappa shape index (κ2) is 8.49. The number of fused-ring (bicyclic) bond motifs is 1. The average Bonchev–Trinajstić information content (AvgIpc) is 3.27. The zero-order chi connectivity index (χ0) is 20.4. The molecule has 1 N–H and O–H groups in total. The Labute approximate surface area is 177 Å². The largest absolute Gasteiger partial charge is 0.486 e. The molecule has 1 aromatic carbocycles. The molecule has 0 spiro atoms. The van der Waals surface area contributed by atoms with Crippen LogP contribution in [0.5, 0.6) is 11.5 Å². The SMILES string of the molecule is CC(NC(=O)C1CCN(C(=O)c2ccoc2)CC1)c1cc2c(cc1Br)OCCO2. The molecule has 1 saturated heterocycles. The summed E-state index contributed by atoms with van der Waals surface area (Å²) < 4.78 is 17.1. The number of likely N-dealkylation sites (tertiary alicyclic amines) is 1. The van der Waals surface area contributed by atoms with Crippen LogP contribution in [0.2, 0.25) is 0 Å². The lowest BCUT2D eigenvalue weighted by Crippen LogP contribution is -2.43. The fourth-order valence-electron chi connectivity index (χ4n) is 3.73. The van der Waals surface area contributed by atoms with Crippen molar-refractivity contribution in [2.45, 2.75) is 25.8 Å². The summed E-state index contributed by atoms with van der Waals surface area (Å²) in [5.74, 6) is 1.25. The molecule has 2 amide bonds. The van der Waals surface area contributed by atoms with Gasteiger partial charge in [-0.15, -0.1) is 0 Å². The van der Waals surface area contributed by atoms with Crippen LogP contribution in [0.25, 0.3) is 0 Å². The molecule has 0 bridgehead atoms. The van der Waals surface area contributed by atoms with Crippen LogP contribution >= 0.6 is 15.9 Å². The third-order valence-electron chi connectivity index (χ3n) is 5.41. The van der Waals surface area contributed by atoms with Crippen molar-refractivity contribution in [1.29, 1.82) is 0 Å². The molecule has 154 valence electrons. The van der Waals surface area contributed by atoms with Gasteiger partial charge in [-0.2, -0.15) is 0 Å². The maximum atomic E-state index is 12.8. The maximum Gasteiger partial charge on any atom is 0.257 e. The van der Waals surface area contributed by atoms with Crippen LogP contribution in [-0.2, 0) is 4.79 Å². The van der Waals surface area contributed by atoms with Crippen molar-refractivity contribution in [3.8, 4) is 11.5 Å². The zero-order valence-electron chi connectivity index (χ0n) is 16.2. The van der Waals surface area contributed by atoms with Crippen LogP contribution in [-0.4, -0.2) is 43.0 Å². The number of hydrogen-bond donors (Lipinski definition) is 1. The summed E-state index contributed by atoms with van der Waals surface area (Å²) in [5, 5.41) is 3.10. The number of rotatable bonds is 4. The van der Waals surface area contributed by atoms with Gasteiger partial charge >= 0.3 is 0 Å². The molecule has 2 aromatic rings. The van der Waals surface area contributed by atoms with Gasteiger partial charge in [0.25, 0.3) is 5.91 Å². The minimum Gasteiger partial charge on any atom is -0.486 e. The number of carbonyl (C=O) groups is 2. The molecule has 3 heterocycles. The minimum atomic E-state index is -0.182. The van der Waals surface area contributed by atoms with Crippen LogP contribution in [0.4, 0.5) is 0 Å². The number of halogens is 1. The minimum absolute atomic E-state index is 0.00898. The number of ether oxygens (including phenoxy) is 2. The molecule has 8 heteroatoms. The van der Waals surface area contributed by atoms with E-state index in [9.17, 15) is 9.59 Å². The molecule has 29 heavy (non-hydrogen) atoms. The Kier molecular flexibility index (Phi) is 5.80. The van der Waals surface area contributed by atoms with Gasteiger partial charge in [-0.1, -0.05) is 15.9 Å². The maximum absolute atomic E-state index is 12.8. The topological polar surface area (TPSA) is 81.0 Å². The second-order valence-electron chi connectivity index (χ2n) is 7.33. The fourth-order valence-corrected chi connectivity index (χ4v) is 4.40. The van der Waals surface area contributed by atoms with E-state index in [2.05, 4.69) is 21.2 Å². The Bertz CT molecular complexity index is 891. The van der Waals surface area contributed by atoms with Gasteiger partial charge in [-0.05, 0) is 43.5 Å². The first-order valence-electron chi connectivity index (χ1n) is 9.74. The van der Waals surface area contributed by atoms with Crippen LogP contribution in [0.1, 0.15) is 41.7 Å². The predicted molar refractivity (Wildman–Crippen MR) is 109 cm³/mol. The van der Waals surface area contributed by atoms with Gasteiger partial charge in [0.15, 0.2) is 11.5 Å². The van der Waals surface area contributed by atoms with E-state index in [1.54, 1.807) is 11.0 Å². The Morgan fingerprint density at radius 3 is 2.52 bits per heavy atom. The molecule has 1 atom stereocenters. The van der Waals surface area contributed by atoms with Gasteiger partial charge in [0.05, 0.1) is 17.9 Å². The van der Waals surface area contributed by atoms with E-state index in [1.165, 1.54) is 12.5 Å². The number of carbonyl (C=O) groups excluding carboxylic acids is 2. The zero-order valence-corrected chi connectivity index (χ0v) is 17.7. The van der Waals surface area contributed by atoms with Crippen LogP contribution in [0, 0.1) is 5.92 Å². The molecule has 4 rings (SSSR count). The molecule has 0 saturated carbocycles. The quantitative estimate of drug-likeness (QED) is 0.751. The molecule has 2 aliphatic rings. The van der Waals surface area contributed by atoms with Crippen LogP contribution in [0.3, 0.4) is 0 Å². The first-order chi connectivity index (χ1) is 14.0. The van der Waals surface area contributed by atoms with Crippen molar-refractivity contribution in [3.05, 3.63) is 46.3 Å². The van der Waals surface area contributed by atoms with Gasteiger partial charge < -0.3 is 24.1 Å². The number of nitrogens with zero attached hydrogens (tertiary/aromatic N) is 1. The van der Waals surface area contributed by atoms with Gasteiger partial charge in [0.2, 0.25) is 5.91 Å². The molecular weight excluding hydrogens is 440 g/mol. The normalized spacial score (nSPS) is 17.7. The summed E-state index contributed by atoms with van der Waals surface area (Å²) in [6.45, 7) is 4.12. The summed E-state index contributed by atoms with van der Waals surface area (Å²) >= 11 is 3.57. The molecule has 1 aromatic heterocycles. The van der Waals surface area contributed by atoms with E-state index < -0.39 is 0 Å². The summed E-state index contributed by atoms with van der Waals surface area (Å²) in [6.07, 6.45) is 4.23. The molecule has 7 nitrogen and oxygen atoms in total. The number of furan rings is 1. The third-order valence-corrected chi connectivity index (χ3v) is 6.09. The first-order valence-corrected chi connectivity index (χ1v) is 10.5. The van der Waals surface area contributed by atoms with E-state index in [-0.39, 0.29) is 23.8 Å². The molecule has 0 radical (unpaired) electrons. The average molecular weight is 463 g/mol. The Morgan fingerprint density at radius 1 is 1.17 bits per heavy atom. The van der Waals surface area contributed by atoms with Gasteiger partial charge in [-0.3, -0.25) is 9.59 Å². The molecule has 1 fully saturated rings. The number of benzene rings is 1. The van der Waals surface area contributed by atoms with Crippen molar-refractivity contribution in [2.24, 2.45) is 5.92 Å². The number of hydrogen-bond acceptors (Lipinski definition) is 5. The predicted octanol–water partition coefficient (Wildman–Crippen LogP) is 3.54. The highest BCUT2D eigenvalue weighted by atomic mass is 79.9. The van der Waals surface area contributed by atoms with E-state index in [0.717, 1.165) is 10.0 Å². The summed E-state index contributed by atoms with van der Waals surface area (Å²) in [7, 11) is 0. The standard InChI is InChI=1S/C21H23BrN2O5/c1-13(16-10-18-19(11-17(16)22)29-9-8-28-18)23-20(25)14-2-5-24(6-3-14)21(26)15-4-7-27-12-15/h4,7,10-14H,2-3,5-6,8-9H2,1H3,(H,23,25). The van der Waals surface area contributed by atoms with E-state index in [0.29, 0.717) is 56.2 Å². The summed E-state index contributed by atoms with van der Waals surface area (Å²) in [5.41, 5.74) is 1.49. The smallest absolute Gasteiger partial charge is 0.257 e. The van der Waals surface area contributed by atoms with E-state index >= 15 is 0 Å². The lowest BCUT2D eigenvalue weighted by atomic mass is 9.94. The number of amides is 2. The summed E-state index contributed by atoms with van der Waals surface area (Å²) in [6, 6.07) is 5.27. The highest BCUT2D eigenvalue weighted by Gasteiger charge is 2.29. The Hall–Kier alpha value is -2.48. The molecule has 0 aliphatic carbocycles. The number of nitrogens with one attached hydrogen (secondary N) is 1. The monoisotopic (exact) mass is 462 g/mol. The highest BCUT2D eigenvalue weighted by molar-refractivity contribution is 9.10. The van der Waals surface area contributed by atoms with Crippen LogP contribution in [0.15, 0.2) is 39.6 Å². The van der Waals surface area contributed by atoms with E-state index in [4.69, 9.17) is 13.9 Å². The lowest BCUT2D eigenvalue weighted by Gasteiger charge is -2.32. The van der Waals surface area contributed by atoms with E-state index in [1.807, 2.05) is 19.1 Å². The van der Waals surface area contributed by atoms with Crippen molar-refractivity contribution >= 4 is 27.7 Å². The van der Waals surface area contributed by atoms with Crippen molar-refractivity contribution in [2.75, 3.05) is 26.3 Å². The van der Waals surface area contributed by atoms with Crippen molar-refractivity contribution < 1.29 is 23.5 Å². The van der Waals surface area contributed by atoms with Gasteiger partial charge in [0, 0.05) is 23.5 Å². The van der Waals surface area contributed by atoms with Crippen LogP contribution < -0.4 is 14.8 Å². The molecular formula is C21H23BrN2O5. The lowest BCUT2D eigenvalue weighted by molar-refractivity contribution is -0.127. The molecule has 2 aliphatic heterocycles. The molecule has 1 unspecified atom stereocenters. The fraction of sp³-hybridized carbons (Fsp3) is 0.429. The first kappa shape index (κ1) is 19.8. The Balaban J connectivity index is 1.35. The number of piperidine rings is 1.